The second kappa shape index (κ2) is 4.74. The molecule has 0 spiro atoms. The van der Waals surface area contributed by atoms with Crippen LogP contribution >= 0.6 is 7.75 Å². The van der Waals surface area contributed by atoms with Gasteiger partial charge in [-0.2, -0.15) is 0 Å². The number of nitrogens with one attached hydrogen (secondary N) is 1. The molecule has 0 aromatic heterocycles. The third-order valence-corrected chi connectivity index (χ3v) is 3.74. The number of rotatable bonds is 5. The maximum Gasteiger partial charge on any atom is 0.439 e. The summed E-state index contributed by atoms with van der Waals surface area (Å²) in [6.45, 7) is 3.23. The molecule has 0 aromatic rings. The van der Waals surface area contributed by atoms with E-state index in [1.807, 2.05) is 5.32 Å². The minimum Gasteiger partial charge on any atom is -0.292 e. The monoisotopic (exact) mass is 236 g/mol. The van der Waals surface area contributed by atoms with Gasteiger partial charge in [0.15, 0.2) is 0 Å². The molecule has 0 radical (unpaired) electrons. The lowest BCUT2D eigenvalue weighted by molar-refractivity contribution is -0.118. The van der Waals surface area contributed by atoms with E-state index in [9.17, 15) is 14.2 Å². The van der Waals surface area contributed by atoms with Gasteiger partial charge in [-0.05, 0) is 13.8 Å². The van der Waals surface area contributed by atoms with Gasteiger partial charge in [-0.1, -0.05) is 0 Å². The number of urea groups is 1. The standard InChI is InChI=1S/C7H13N2O5P/c1-3-13-15(12,14-4-2)9-5-6(10)8-7(9)11/h3-5H2,1-2H3,(H,8,10,11). The van der Waals surface area contributed by atoms with Crippen LogP contribution in [0.1, 0.15) is 13.8 Å². The normalized spacial score (nSPS) is 17.1. The molecule has 1 fully saturated rings. The highest BCUT2D eigenvalue weighted by molar-refractivity contribution is 7.52. The molecule has 0 atom stereocenters. The second-order valence-corrected chi connectivity index (χ2v) is 4.65. The minimum atomic E-state index is -3.66. The van der Waals surface area contributed by atoms with E-state index < -0.39 is 19.7 Å². The van der Waals surface area contributed by atoms with Gasteiger partial charge in [0, 0.05) is 0 Å². The molecule has 1 aliphatic heterocycles. The van der Waals surface area contributed by atoms with Crippen LogP contribution in [0.15, 0.2) is 0 Å². The molecule has 15 heavy (non-hydrogen) atoms. The minimum absolute atomic E-state index is 0.134. The van der Waals surface area contributed by atoms with Crippen molar-refractivity contribution in [3.8, 4) is 0 Å². The van der Waals surface area contributed by atoms with Crippen molar-refractivity contribution in [2.45, 2.75) is 13.8 Å². The molecule has 8 heteroatoms. The fraction of sp³-hybridized carbons (Fsp3) is 0.714. The van der Waals surface area contributed by atoms with Gasteiger partial charge in [0.1, 0.15) is 6.54 Å². The number of hydrogen-bond acceptors (Lipinski definition) is 5. The Bertz CT molecular complexity index is 309. The van der Waals surface area contributed by atoms with E-state index >= 15 is 0 Å². The largest absolute Gasteiger partial charge is 0.439 e. The first-order valence-electron chi connectivity index (χ1n) is 4.54. The third kappa shape index (κ3) is 2.56. The van der Waals surface area contributed by atoms with Gasteiger partial charge in [0.05, 0.1) is 13.2 Å². The number of carbonyl (C=O) groups excluding carboxylic acids is 2. The number of nitrogens with zero attached hydrogens (tertiary/aromatic N) is 1. The van der Waals surface area contributed by atoms with Gasteiger partial charge < -0.3 is 0 Å². The van der Waals surface area contributed by atoms with Crippen LogP contribution in [0.4, 0.5) is 4.79 Å². The molecule has 0 aromatic carbocycles. The fourth-order valence-corrected chi connectivity index (χ4v) is 2.71. The van der Waals surface area contributed by atoms with Crippen molar-refractivity contribution in [1.82, 2.24) is 9.99 Å². The summed E-state index contributed by atoms with van der Waals surface area (Å²) in [5, 5.41) is 2.01. The Hall–Kier alpha value is -0.910. The average molecular weight is 236 g/mol. The van der Waals surface area contributed by atoms with E-state index in [1.54, 1.807) is 13.8 Å². The SMILES string of the molecule is CCOP(=O)(OCC)N1CC(=O)NC1=O. The Morgan fingerprint density at radius 2 is 1.87 bits per heavy atom. The van der Waals surface area contributed by atoms with Crippen LogP contribution in [-0.2, 0) is 18.4 Å². The molecule has 86 valence electrons. The first-order chi connectivity index (χ1) is 7.03. The number of imide groups is 1. The molecule has 7 nitrogen and oxygen atoms in total. The molecular weight excluding hydrogens is 223 g/mol. The molecule has 0 unspecified atom stereocenters. The molecule has 0 bridgehead atoms. The van der Waals surface area contributed by atoms with Crippen molar-refractivity contribution in [3.63, 3.8) is 0 Å². The summed E-state index contributed by atoms with van der Waals surface area (Å²) < 4.78 is 22.7. The van der Waals surface area contributed by atoms with Gasteiger partial charge in [0.25, 0.3) is 0 Å². The highest BCUT2D eigenvalue weighted by atomic mass is 31.2. The van der Waals surface area contributed by atoms with Gasteiger partial charge in [0.2, 0.25) is 5.91 Å². The zero-order chi connectivity index (χ0) is 11.5. The predicted molar refractivity (Wildman–Crippen MR) is 51.1 cm³/mol. The van der Waals surface area contributed by atoms with Gasteiger partial charge in [-0.3, -0.25) is 19.2 Å². The second-order valence-electron chi connectivity index (χ2n) is 2.72. The van der Waals surface area contributed by atoms with Crippen molar-refractivity contribution in [2.24, 2.45) is 0 Å². The van der Waals surface area contributed by atoms with E-state index in [2.05, 4.69) is 0 Å². The summed E-state index contributed by atoms with van der Waals surface area (Å²) in [6.07, 6.45) is 0. The first-order valence-corrected chi connectivity index (χ1v) is 6.04. The molecule has 3 amide bonds. The Balaban J connectivity index is 2.84. The lowest BCUT2D eigenvalue weighted by Crippen LogP contribution is -2.27. The zero-order valence-electron chi connectivity index (χ0n) is 8.56. The molecular formula is C7H13N2O5P. The summed E-state index contributed by atoms with van der Waals surface area (Å²) in [7, 11) is -3.66. The van der Waals surface area contributed by atoms with Gasteiger partial charge >= 0.3 is 13.8 Å². The topological polar surface area (TPSA) is 84.9 Å². The van der Waals surface area contributed by atoms with Crippen molar-refractivity contribution >= 4 is 19.7 Å². The number of hydrogen-bond donors (Lipinski definition) is 1. The van der Waals surface area contributed by atoms with E-state index in [0.29, 0.717) is 0 Å². The van der Waals surface area contributed by atoms with Crippen LogP contribution in [0.3, 0.4) is 0 Å². The Morgan fingerprint density at radius 3 is 2.20 bits per heavy atom. The quantitative estimate of drug-likeness (QED) is 0.561. The predicted octanol–water partition coefficient (Wildman–Crippen LogP) is 0.719. The molecule has 1 N–H and O–H groups in total. The van der Waals surface area contributed by atoms with Crippen LogP contribution in [0.2, 0.25) is 0 Å². The lowest BCUT2D eigenvalue weighted by atomic mass is 10.7. The first kappa shape index (κ1) is 12.2. The van der Waals surface area contributed by atoms with Crippen molar-refractivity contribution in [1.29, 1.82) is 0 Å². The van der Waals surface area contributed by atoms with E-state index in [1.165, 1.54) is 0 Å². The van der Waals surface area contributed by atoms with Crippen molar-refractivity contribution < 1.29 is 23.2 Å². The van der Waals surface area contributed by atoms with Crippen LogP contribution < -0.4 is 5.32 Å². The highest BCUT2D eigenvalue weighted by Crippen LogP contribution is 2.52. The van der Waals surface area contributed by atoms with Gasteiger partial charge in [-0.15, -0.1) is 0 Å². The molecule has 1 rings (SSSR count). The molecule has 1 heterocycles. The number of carbonyl (C=O) groups is 2. The molecule has 1 saturated heterocycles. The Labute approximate surface area is 87.3 Å². The maximum absolute atomic E-state index is 12.0. The summed E-state index contributed by atoms with van der Waals surface area (Å²) in [6, 6.07) is -0.745. The Morgan fingerprint density at radius 1 is 1.33 bits per heavy atom. The van der Waals surface area contributed by atoms with Crippen LogP contribution in [0, 0.1) is 0 Å². The smallest absolute Gasteiger partial charge is 0.292 e. The maximum atomic E-state index is 12.0. The van der Waals surface area contributed by atoms with E-state index in [0.717, 1.165) is 4.67 Å². The summed E-state index contributed by atoms with van der Waals surface area (Å²) in [5.41, 5.74) is 0. The zero-order valence-corrected chi connectivity index (χ0v) is 9.45. The van der Waals surface area contributed by atoms with E-state index in [4.69, 9.17) is 9.05 Å². The van der Waals surface area contributed by atoms with Crippen LogP contribution in [-0.4, -0.2) is 36.4 Å². The molecule has 0 aliphatic carbocycles. The summed E-state index contributed by atoms with van der Waals surface area (Å²) in [4.78, 5) is 22.2. The molecule has 1 aliphatic rings. The lowest BCUT2D eigenvalue weighted by Gasteiger charge is -2.23. The third-order valence-electron chi connectivity index (χ3n) is 1.65. The van der Waals surface area contributed by atoms with Crippen molar-refractivity contribution in [3.05, 3.63) is 0 Å². The fourth-order valence-electron chi connectivity index (χ4n) is 1.13. The van der Waals surface area contributed by atoms with Crippen molar-refractivity contribution in [2.75, 3.05) is 19.8 Å². The van der Waals surface area contributed by atoms with Crippen LogP contribution in [0.5, 0.6) is 0 Å². The highest BCUT2D eigenvalue weighted by Gasteiger charge is 2.43. The summed E-state index contributed by atoms with van der Waals surface area (Å²) >= 11 is 0. The summed E-state index contributed by atoms with van der Waals surface area (Å²) in [5.74, 6) is -0.514. The Kier molecular flexibility index (Phi) is 3.84. The average Bonchev–Trinajstić information content (AvgIpc) is 2.46. The number of amides is 3. The van der Waals surface area contributed by atoms with Crippen LogP contribution in [0.25, 0.3) is 0 Å². The molecule has 0 saturated carbocycles. The van der Waals surface area contributed by atoms with E-state index in [-0.39, 0.29) is 19.8 Å². The van der Waals surface area contributed by atoms with Gasteiger partial charge in [-0.25, -0.2) is 14.0 Å².